The van der Waals surface area contributed by atoms with Gasteiger partial charge in [0.25, 0.3) is 0 Å². The molecular weight excluding hydrogens is 318 g/mol. The van der Waals surface area contributed by atoms with Crippen LogP contribution in [0.25, 0.3) is 11.0 Å². The van der Waals surface area contributed by atoms with E-state index in [0.717, 1.165) is 27.6 Å². The molecule has 8 heteroatoms. The largest absolute Gasteiger partial charge is 0.318 e. The monoisotopic (exact) mass is 333 g/mol. The summed E-state index contributed by atoms with van der Waals surface area (Å²) in [6, 6.07) is 7.85. The molecule has 3 rings (SSSR count). The fraction of sp³-hybridized carbons (Fsp3) is 0.286. The molecule has 114 valence electrons. The van der Waals surface area contributed by atoms with Gasteiger partial charge in [0.1, 0.15) is 17.4 Å². The first-order valence-corrected chi connectivity index (χ1v) is 8.91. The molecule has 22 heavy (non-hydrogen) atoms. The summed E-state index contributed by atoms with van der Waals surface area (Å²) in [4.78, 5) is 16.9. The summed E-state index contributed by atoms with van der Waals surface area (Å²) in [6.45, 7) is 2.07. The summed E-state index contributed by atoms with van der Waals surface area (Å²) in [6.07, 6.45) is 2.02. The number of amides is 1. The highest BCUT2D eigenvalue weighted by Gasteiger charge is 2.14. The van der Waals surface area contributed by atoms with Gasteiger partial charge in [0, 0.05) is 0 Å². The van der Waals surface area contributed by atoms with Crippen LogP contribution in [-0.4, -0.2) is 31.9 Å². The molecule has 0 bridgehead atoms. The maximum Gasteiger partial charge on any atom is 0.246 e. The average Bonchev–Trinajstić information content (AvgIpc) is 3.04. The van der Waals surface area contributed by atoms with Gasteiger partial charge in [-0.1, -0.05) is 23.5 Å². The topological polar surface area (TPSA) is 72.7 Å². The van der Waals surface area contributed by atoms with E-state index in [1.54, 1.807) is 11.8 Å². The number of aryl methyl sites for hydroxylation is 1. The number of hydrogen-bond acceptors (Lipinski definition) is 6. The summed E-state index contributed by atoms with van der Waals surface area (Å²) in [5, 5.41) is 11.9. The van der Waals surface area contributed by atoms with Crippen LogP contribution in [0.1, 0.15) is 10.8 Å². The summed E-state index contributed by atoms with van der Waals surface area (Å²) in [5.41, 5.74) is 1.88. The lowest BCUT2D eigenvalue weighted by atomic mass is 10.3. The molecule has 1 N–H and O–H groups in total. The van der Waals surface area contributed by atoms with Crippen LogP contribution in [0.2, 0.25) is 0 Å². The molecule has 1 aromatic carbocycles. The Hall–Kier alpha value is -1.93. The third kappa shape index (κ3) is 3.12. The molecule has 0 atom stereocenters. The number of carbonyl (C=O) groups excluding carboxylic acids is 1. The van der Waals surface area contributed by atoms with Gasteiger partial charge in [0.2, 0.25) is 11.0 Å². The Balaban J connectivity index is 1.85. The number of fused-ring (bicyclic) bond motifs is 1. The highest BCUT2D eigenvalue weighted by atomic mass is 32.2. The van der Waals surface area contributed by atoms with Crippen LogP contribution in [0.15, 0.2) is 24.3 Å². The first kappa shape index (κ1) is 15.0. The first-order chi connectivity index (χ1) is 10.7. The number of nitrogens with zero attached hydrogens (tertiary/aromatic N) is 4. The number of aromatic nitrogens is 4. The van der Waals surface area contributed by atoms with E-state index in [2.05, 4.69) is 20.5 Å². The van der Waals surface area contributed by atoms with Gasteiger partial charge in [-0.15, -0.1) is 10.2 Å². The molecule has 0 aliphatic rings. The van der Waals surface area contributed by atoms with Gasteiger partial charge < -0.3 is 4.57 Å². The van der Waals surface area contributed by atoms with Crippen molar-refractivity contribution < 1.29 is 4.79 Å². The number of carbonyl (C=O) groups is 1. The molecule has 0 spiro atoms. The highest BCUT2D eigenvalue weighted by Crippen LogP contribution is 2.19. The van der Waals surface area contributed by atoms with Gasteiger partial charge in [-0.2, -0.15) is 11.8 Å². The van der Waals surface area contributed by atoms with Crippen molar-refractivity contribution in [3.05, 3.63) is 35.1 Å². The minimum atomic E-state index is -0.123. The molecule has 3 aromatic rings. The van der Waals surface area contributed by atoms with Gasteiger partial charge in [-0.25, -0.2) is 4.98 Å². The Kier molecular flexibility index (Phi) is 4.39. The van der Waals surface area contributed by atoms with Crippen LogP contribution in [0.5, 0.6) is 0 Å². The molecule has 0 aliphatic heterocycles. The first-order valence-electron chi connectivity index (χ1n) is 6.70. The predicted octanol–water partition coefficient (Wildman–Crippen LogP) is 2.70. The second kappa shape index (κ2) is 6.45. The number of imidazole rings is 1. The smallest absolute Gasteiger partial charge is 0.246 e. The molecule has 0 saturated carbocycles. The van der Waals surface area contributed by atoms with Crippen molar-refractivity contribution in [2.24, 2.45) is 0 Å². The third-order valence-electron chi connectivity index (χ3n) is 3.08. The Morgan fingerprint density at radius 2 is 2.18 bits per heavy atom. The van der Waals surface area contributed by atoms with Crippen LogP contribution in [0.4, 0.5) is 5.13 Å². The molecule has 2 aromatic heterocycles. The molecule has 6 nitrogen and oxygen atoms in total. The van der Waals surface area contributed by atoms with Crippen molar-refractivity contribution in [3.63, 3.8) is 0 Å². The van der Waals surface area contributed by atoms with Gasteiger partial charge in [-0.3, -0.25) is 10.1 Å². The van der Waals surface area contributed by atoms with Gasteiger partial charge in [0.05, 0.1) is 16.8 Å². The molecule has 0 radical (unpaired) electrons. The zero-order valence-electron chi connectivity index (χ0n) is 12.2. The van der Waals surface area contributed by atoms with Crippen LogP contribution < -0.4 is 5.32 Å². The normalized spacial score (nSPS) is 11.0. The van der Waals surface area contributed by atoms with Crippen LogP contribution in [-0.2, 0) is 17.1 Å². The maximum absolute atomic E-state index is 12.3. The average molecular weight is 333 g/mol. The lowest BCUT2D eigenvalue weighted by Gasteiger charge is -2.08. The van der Waals surface area contributed by atoms with Gasteiger partial charge in [0.15, 0.2) is 0 Å². The van der Waals surface area contributed by atoms with E-state index in [-0.39, 0.29) is 12.5 Å². The summed E-state index contributed by atoms with van der Waals surface area (Å²) < 4.78 is 1.95. The minimum absolute atomic E-state index is 0.123. The van der Waals surface area contributed by atoms with E-state index in [9.17, 15) is 4.79 Å². The minimum Gasteiger partial charge on any atom is -0.318 e. The molecule has 0 saturated heterocycles. The summed E-state index contributed by atoms with van der Waals surface area (Å²) in [7, 11) is 0. The number of nitrogens with one attached hydrogen (secondary N) is 1. The number of para-hydroxylation sites is 2. The Bertz CT molecular complexity index is 811. The molecular formula is C14H15N5OS2. The summed E-state index contributed by atoms with van der Waals surface area (Å²) in [5.74, 6) is 1.54. The number of rotatable bonds is 5. The summed E-state index contributed by atoms with van der Waals surface area (Å²) >= 11 is 3.05. The Morgan fingerprint density at radius 3 is 2.91 bits per heavy atom. The van der Waals surface area contributed by atoms with Gasteiger partial charge in [-0.05, 0) is 25.3 Å². The Morgan fingerprint density at radius 1 is 1.36 bits per heavy atom. The third-order valence-corrected chi connectivity index (χ3v) is 4.38. The standard InChI is InChI=1S/C14H15N5OS2/c1-9-17-18-14(22-9)16-13(20)7-19-11-6-4-3-5-10(11)15-12(19)8-21-2/h3-6H,7-8H2,1-2H3,(H,16,18,20). The van der Waals surface area contributed by atoms with Crippen molar-refractivity contribution >= 4 is 45.2 Å². The second-order valence-corrected chi connectivity index (χ2v) is 6.76. The molecule has 2 heterocycles. The zero-order chi connectivity index (χ0) is 15.5. The lowest BCUT2D eigenvalue weighted by Crippen LogP contribution is -2.20. The van der Waals surface area contributed by atoms with E-state index < -0.39 is 0 Å². The quantitative estimate of drug-likeness (QED) is 0.777. The molecule has 1 amide bonds. The second-order valence-electron chi connectivity index (χ2n) is 4.71. The van der Waals surface area contributed by atoms with Crippen LogP contribution in [0.3, 0.4) is 0 Å². The maximum atomic E-state index is 12.3. The van der Waals surface area contributed by atoms with Crippen molar-refractivity contribution in [2.75, 3.05) is 11.6 Å². The lowest BCUT2D eigenvalue weighted by molar-refractivity contribution is -0.116. The van der Waals surface area contributed by atoms with E-state index in [1.807, 2.05) is 42.0 Å². The number of anilines is 1. The fourth-order valence-electron chi connectivity index (χ4n) is 2.19. The van der Waals surface area contributed by atoms with E-state index in [0.29, 0.717) is 5.13 Å². The number of thioether (sulfide) groups is 1. The Labute approximate surface area is 136 Å². The van der Waals surface area contributed by atoms with Crippen molar-refractivity contribution in [1.82, 2.24) is 19.7 Å². The van der Waals surface area contributed by atoms with Crippen molar-refractivity contribution in [3.8, 4) is 0 Å². The van der Waals surface area contributed by atoms with E-state index in [4.69, 9.17) is 0 Å². The van der Waals surface area contributed by atoms with Crippen LogP contribution in [0, 0.1) is 6.92 Å². The van der Waals surface area contributed by atoms with Gasteiger partial charge >= 0.3 is 0 Å². The van der Waals surface area contributed by atoms with E-state index in [1.165, 1.54) is 11.3 Å². The highest BCUT2D eigenvalue weighted by molar-refractivity contribution is 7.97. The predicted molar refractivity (Wildman–Crippen MR) is 90.2 cm³/mol. The number of hydrogen-bond donors (Lipinski definition) is 1. The molecule has 0 unspecified atom stereocenters. The van der Waals surface area contributed by atoms with Crippen molar-refractivity contribution in [2.45, 2.75) is 19.2 Å². The molecule has 0 fully saturated rings. The zero-order valence-corrected chi connectivity index (χ0v) is 13.9. The van der Waals surface area contributed by atoms with Crippen LogP contribution >= 0.6 is 23.1 Å². The SMILES string of the molecule is CSCc1nc2ccccc2n1CC(=O)Nc1nnc(C)s1. The number of benzene rings is 1. The molecule has 0 aliphatic carbocycles. The fourth-order valence-corrected chi connectivity index (χ4v) is 3.28. The van der Waals surface area contributed by atoms with E-state index >= 15 is 0 Å². The van der Waals surface area contributed by atoms with Crippen molar-refractivity contribution in [1.29, 1.82) is 0 Å².